The van der Waals surface area contributed by atoms with Crippen molar-refractivity contribution in [2.75, 3.05) is 0 Å². The van der Waals surface area contributed by atoms with Crippen LogP contribution in [0.25, 0.3) is 0 Å². The van der Waals surface area contributed by atoms with Crippen molar-refractivity contribution in [3.63, 3.8) is 0 Å². The van der Waals surface area contributed by atoms with Gasteiger partial charge in [0.1, 0.15) is 0 Å². The van der Waals surface area contributed by atoms with Crippen LogP contribution in [0.4, 0.5) is 0 Å². The second-order valence-electron chi connectivity index (χ2n) is 9.36. The largest absolute Gasteiger partial charge is 0.389 e. The van der Waals surface area contributed by atoms with Crippen molar-refractivity contribution in [1.29, 1.82) is 0 Å². The average Bonchev–Trinajstić information content (AvgIpc) is 2.84. The van der Waals surface area contributed by atoms with Crippen LogP contribution in [0.2, 0.25) is 0 Å². The van der Waals surface area contributed by atoms with Crippen LogP contribution in [0.15, 0.2) is 11.6 Å². The van der Waals surface area contributed by atoms with Crippen molar-refractivity contribution in [2.45, 2.75) is 84.7 Å². The summed E-state index contributed by atoms with van der Waals surface area (Å²) in [6.45, 7) is 7.58. The highest BCUT2D eigenvalue weighted by atomic mass is 16.3. The lowest BCUT2D eigenvalue weighted by atomic mass is 9.46. The third kappa shape index (κ3) is 1.93. The van der Waals surface area contributed by atoms with Gasteiger partial charge in [0.05, 0.1) is 6.10 Å². The molecule has 3 saturated carbocycles. The maximum absolute atomic E-state index is 10.0. The summed E-state index contributed by atoms with van der Waals surface area (Å²) in [5, 5.41) is 10.0. The standard InChI is InChI=1S/C21H34O/c1-4-14-6-8-18-17-7-5-15-13-16(22)9-11-21(15,3)19(17)10-12-20(14,18)2/h13-14,16-19,22H,4-12H2,1-3H3/t14-,16+,17-,18-,19-,20+,21-/m0/s1. The molecule has 4 rings (SSSR count). The van der Waals surface area contributed by atoms with Crippen molar-refractivity contribution in [1.82, 2.24) is 0 Å². The minimum atomic E-state index is -0.163. The molecule has 4 aliphatic carbocycles. The van der Waals surface area contributed by atoms with Crippen LogP contribution >= 0.6 is 0 Å². The quantitative estimate of drug-likeness (QED) is 0.648. The smallest absolute Gasteiger partial charge is 0.0724 e. The number of hydrogen-bond acceptors (Lipinski definition) is 1. The van der Waals surface area contributed by atoms with E-state index in [1.165, 1.54) is 51.4 Å². The molecule has 0 heterocycles. The molecule has 0 unspecified atom stereocenters. The van der Waals surface area contributed by atoms with Gasteiger partial charge >= 0.3 is 0 Å². The number of fused-ring (bicyclic) bond motifs is 5. The van der Waals surface area contributed by atoms with E-state index in [1.54, 1.807) is 5.57 Å². The molecule has 0 aromatic carbocycles. The first-order valence-electron chi connectivity index (χ1n) is 9.88. The Morgan fingerprint density at radius 3 is 2.64 bits per heavy atom. The van der Waals surface area contributed by atoms with Crippen LogP contribution in [0, 0.1) is 34.5 Å². The van der Waals surface area contributed by atoms with Crippen molar-refractivity contribution >= 4 is 0 Å². The van der Waals surface area contributed by atoms with Crippen molar-refractivity contribution in [3.8, 4) is 0 Å². The molecule has 124 valence electrons. The van der Waals surface area contributed by atoms with Gasteiger partial charge in [-0.2, -0.15) is 0 Å². The number of aliphatic hydroxyl groups is 1. The molecule has 0 aromatic heterocycles. The van der Waals surface area contributed by atoms with E-state index in [2.05, 4.69) is 26.8 Å². The van der Waals surface area contributed by atoms with Gasteiger partial charge in [-0.1, -0.05) is 38.8 Å². The molecule has 4 aliphatic rings. The zero-order valence-electron chi connectivity index (χ0n) is 14.8. The molecule has 1 heteroatoms. The average molecular weight is 303 g/mol. The molecule has 0 spiro atoms. The van der Waals surface area contributed by atoms with Gasteiger partial charge < -0.3 is 5.11 Å². The second kappa shape index (κ2) is 5.10. The highest BCUT2D eigenvalue weighted by Crippen LogP contribution is 2.67. The molecule has 7 atom stereocenters. The molecule has 0 radical (unpaired) electrons. The Bertz CT molecular complexity index is 480. The van der Waals surface area contributed by atoms with Gasteiger partial charge in [-0.05, 0) is 85.9 Å². The van der Waals surface area contributed by atoms with E-state index >= 15 is 0 Å². The molecule has 0 aromatic rings. The first kappa shape index (κ1) is 15.2. The molecule has 3 fully saturated rings. The van der Waals surface area contributed by atoms with E-state index in [-0.39, 0.29) is 6.10 Å². The molecule has 1 N–H and O–H groups in total. The predicted molar refractivity (Wildman–Crippen MR) is 91.5 cm³/mol. The Balaban J connectivity index is 1.65. The number of aliphatic hydroxyl groups excluding tert-OH is 1. The molecule has 0 aliphatic heterocycles. The first-order valence-corrected chi connectivity index (χ1v) is 9.88. The minimum Gasteiger partial charge on any atom is -0.389 e. The summed E-state index contributed by atoms with van der Waals surface area (Å²) in [6, 6.07) is 0. The summed E-state index contributed by atoms with van der Waals surface area (Å²) in [5.74, 6) is 3.83. The Morgan fingerprint density at radius 1 is 1.05 bits per heavy atom. The summed E-state index contributed by atoms with van der Waals surface area (Å²) in [5.41, 5.74) is 2.66. The van der Waals surface area contributed by atoms with Crippen LogP contribution in [0.3, 0.4) is 0 Å². The van der Waals surface area contributed by atoms with E-state index in [4.69, 9.17) is 0 Å². The van der Waals surface area contributed by atoms with E-state index in [0.29, 0.717) is 10.8 Å². The Kier molecular flexibility index (Phi) is 3.53. The summed E-state index contributed by atoms with van der Waals surface area (Å²) in [7, 11) is 0. The van der Waals surface area contributed by atoms with E-state index in [1.807, 2.05) is 0 Å². The molecular weight excluding hydrogens is 268 g/mol. The summed E-state index contributed by atoms with van der Waals surface area (Å²) < 4.78 is 0. The van der Waals surface area contributed by atoms with Gasteiger partial charge in [0.15, 0.2) is 0 Å². The van der Waals surface area contributed by atoms with Gasteiger partial charge in [-0.25, -0.2) is 0 Å². The number of rotatable bonds is 1. The fraction of sp³-hybridized carbons (Fsp3) is 0.905. The monoisotopic (exact) mass is 302 g/mol. The van der Waals surface area contributed by atoms with Crippen LogP contribution in [0.5, 0.6) is 0 Å². The van der Waals surface area contributed by atoms with Crippen LogP contribution in [-0.4, -0.2) is 11.2 Å². The van der Waals surface area contributed by atoms with Crippen LogP contribution in [-0.2, 0) is 0 Å². The molecule has 0 bridgehead atoms. The van der Waals surface area contributed by atoms with Gasteiger partial charge in [0, 0.05) is 0 Å². The number of allylic oxidation sites excluding steroid dienone is 1. The van der Waals surface area contributed by atoms with Crippen LogP contribution in [0.1, 0.15) is 78.6 Å². The van der Waals surface area contributed by atoms with E-state index < -0.39 is 0 Å². The normalized spacial score (nSPS) is 54.2. The summed E-state index contributed by atoms with van der Waals surface area (Å²) in [6.07, 6.45) is 14.2. The predicted octanol–water partition coefficient (Wildman–Crippen LogP) is 5.34. The second-order valence-corrected chi connectivity index (χ2v) is 9.36. The third-order valence-corrected chi connectivity index (χ3v) is 8.78. The topological polar surface area (TPSA) is 20.2 Å². The zero-order chi connectivity index (χ0) is 15.5. The zero-order valence-corrected chi connectivity index (χ0v) is 14.8. The maximum Gasteiger partial charge on any atom is 0.0724 e. The minimum absolute atomic E-state index is 0.163. The molecule has 0 saturated heterocycles. The molecular formula is C21H34O. The highest BCUT2D eigenvalue weighted by molar-refractivity contribution is 5.25. The Labute approximate surface area is 136 Å². The van der Waals surface area contributed by atoms with Crippen LogP contribution < -0.4 is 0 Å². The maximum atomic E-state index is 10.0. The van der Waals surface area contributed by atoms with E-state index in [0.717, 1.165) is 30.1 Å². The molecule has 22 heavy (non-hydrogen) atoms. The lowest BCUT2D eigenvalue weighted by molar-refractivity contribution is -0.0554. The fourth-order valence-electron chi connectivity index (χ4n) is 7.49. The SMILES string of the molecule is CC[C@H]1CC[C@H]2[C@@H]3CCC4=C[C@H](O)CC[C@]4(C)[C@H]3CC[C@]12C. The lowest BCUT2D eigenvalue weighted by Crippen LogP contribution is -2.50. The van der Waals surface area contributed by atoms with Crippen molar-refractivity contribution in [3.05, 3.63) is 11.6 Å². The van der Waals surface area contributed by atoms with Gasteiger partial charge in [-0.15, -0.1) is 0 Å². The first-order chi connectivity index (χ1) is 10.5. The van der Waals surface area contributed by atoms with Gasteiger partial charge in [-0.3, -0.25) is 0 Å². The highest BCUT2D eigenvalue weighted by Gasteiger charge is 2.58. The Hall–Kier alpha value is -0.300. The van der Waals surface area contributed by atoms with Crippen molar-refractivity contribution in [2.24, 2.45) is 34.5 Å². The molecule has 1 nitrogen and oxygen atoms in total. The van der Waals surface area contributed by atoms with Gasteiger partial charge in [0.2, 0.25) is 0 Å². The molecule has 0 amide bonds. The summed E-state index contributed by atoms with van der Waals surface area (Å²) >= 11 is 0. The van der Waals surface area contributed by atoms with E-state index in [9.17, 15) is 5.11 Å². The summed E-state index contributed by atoms with van der Waals surface area (Å²) in [4.78, 5) is 0. The third-order valence-electron chi connectivity index (χ3n) is 8.78. The fourth-order valence-corrected chi connectivity index (χ4v) is 7.49. The van der Waals surface area contributed by atoms with Crippen molar-refractivity contribution < 1.29 is 5.11 Å². The Morgan fingerprint density at radius 2 is 1.86 bits per heavy atom. The lowest BCUT2D eigenvalue weighted by Gasteiger charge is -2.58. The van der Waals surface area contributed by atoms with Gasteiger partial charge in [0.25, 0.3) is 0 Å². The number of hydrogen-bond donors (Lipinski definition) is 1.